The molecule has 0 saturated heterocycles. The molecule has 0 aromatic carbocycles. The molecular weight excluding hydrogens is 158 g/mol. The van der Waals surface area contributed by atoms with E-state index < -0.39 is 7.37 Å². The van der Waals surface area contributed by atoms with Crippen LogP contribution in [0.2, 0.25) is 0 Å². The van der Waals surface area contributed by atoms with E-state index in [-0.39, 0.29) is 0 Å². The highest BCUT2D eigenvalue weighted by atomic mass is 31.2. The highest BCUT2D eigenvalue weighted by Gasteiger charge is 2.29. The Morgan fingerprint density at radius 1 is 1.82 bits per heavy atom. The molecule has 0 heterocycles. The molecule has 0 radical (unpaired) electrons. The van der Waals surface area contributed by atoms with Crippen LogP contribution in [0.3, 0.4) is 0 Å². The van der Waals surface area contributed by atoms with Gasteiger partial charge in [0.15, 0.2) is 7.37 Å². The van der Waals surface area contributed by atoms with Crippen molar-refractivity contribution in [2.45, 2.75) is 6.42 Å². The highest BCUT2D eigenvalue weighted by molar-refractivity contribution is 7.57. The minimum Gasteiger partial charge on any atom is -0.328 e. The maximum absolute atomic E-state index is 11.1. The Morgan fingerprint density at radius 2 is 2.45 bits per heavy atom. The summed E-state index contributed by atoms with van der Waals surface area (Å²) < 4.78 is 16.3. The van der Waals surface area contributed by atoms with Crippen LogP contribution in [0.15, 0.2) is 11.5 Å². The van der Waals surface area contributed by atoms with Gasteiger partial charge in [-0.05, 0) is 6.42 Å². The third kappa shape index (κ3) is 3.26. The summed E-state index contributed by atoms with van der Waals surface area (Å²) in [4.78, 5) is 0. The summed E-state index contributed by atoms with van der Waals surface area (Å²) in [6.45, 7) is 3.96. The SMILES string of the molecule is B/C=C1/CC1COP(C)(C)=O. The van der Waals surface area contributed by atoms with Crippen LogP contribution in [0.1, 0.15) is 6.42 Å². The quantitative estimate of drug-likeness (QED) is 0.470. The average Bonchev–Trinajstić information content (AvgIpc) is 2.60. The predicted molar refractivity (Wildman–Crippen MR) is 50.1 cm³/mol. The van der Waals surface area contributed by atoms with Crippen molar-refractivity contribution in [3.05, 3.63) is 11.5 Å². The summed E-state index contributed by atoms with van der Waals surface area (Å²) in [6.07, 6.45) is 1.14. The van der Waals surface area contributed by atoms with Crippen molar-refractivity contribution in [1.82, 2.24) is 0 Å². The van der Waals surface area contributed by atoms with Crippen LogP contribution in [-0.2, 0) is 9.09 Å². The second-order valence-corrected chi connectivity index (χ2v) is 6.07. The first-order chi connectivity index (χ1) is 5.03. The van der Waals surface area contributed by atoms with E-state index in [0.717, 1.165) is 6.42 Å². The summed E-state index contributed by atoms with van der Waals surface area (Å²) in [5, 5.41) is 0. The fourth-order valence-electron chi connectivity index (χ4n) is 1.01. The lowest BCUT2D eigenvalue weighted by atomic mass is 10.1. The largest absolute Gasteiger partial charge is 0.328 e. The molecule has 0 aromatic heterocycles. The van der Waals surface area contributed by atoms with E-state index in [1.807, 2.05) is 7.85 Å². The van der Waals surface area contributed by atoms with Gasteiger partial charge in [-0.25, -0.2) is 0 Å². The Hall–Kier alpha value is -0.00506. The molecule has 11 heavy (non-hydrogen) atoms. The minimum absolute atomic E-state index is 0.563. The van der Waals surface area contributed by atoms with Crippen LogP contribution in [0, 0.1) is 5.92 Å². The van der Waals surface area contributed by atoms with E-state index in [9.17, 15) is 4.57 Å². The molecule has 0 amide bonds. The van der Waals surface area contributed by atoms with E-state index in [2.05, 4.69) is 5.98 Å². The van der Waals surface area contributed by atoms with E-state index >= 15 is 0 Å². The van der Waals surface area contributed by atoms with Crippen molar-refractivity contribution in [1.29, 1.82) is 0 Å². The van der Waals surface area contributed by atoms with Gasteiger partial charge in [0.2, 0.25) is 0 Å². The van der Waals surface area contributed by atoms with Crippen LogP contribution in [0.5, 0.6) is 0 Å². The fourth-order valence-corrected chi connectivity index (χ4v) is 1.55. The van der Waals surface area contributed by atoms with E-state index in [0.29, 0.717) is 12.5 Å². The van der Waals surface area contributed by atoms with Crippen molar-refractivity contribution in [2.75, 3.05) is 19.9 Å². The van der Waals surface area contributed by atoms with Gasteiger partial charge in [-0.15, -0.1) is 5.98 Å². The van der Waals surface area contributed by atoms with Crippen molar-refractivity contribution < 1.29 is 9.09 Å². The molecular formula is C7H14BO2P. The molecule has 0 N–H and O–H groups in total. The molecule has 1 rings (SSSR count). The summed E-state index contributed by atoms with van der Waals surface area (Å²) in [5.41, 5.74) is 1.44. The van der Waals surface area contributed by atoms with Crippen molar-refractivity contribution in [3.8, 4) is 0 Å². The van der Waals surface area contributed by atoms with Crippen LogP contribution in [0.25, 0.3) is 0 Å². The van der Waals surface area contributed by atoms with Gasteiger partial charge in [-0.2, -0.15) is 0 Å². The number of hydrogen-bond acceptors (Lipinski definition) is 2. The molecule has 1 aliphatic rings. The van der Waals surface area contributed by atoms with Crippen molar-refractivity contribution in [2.24, 2.45) is 5.92 Å². The normalized spacial score (nSPS) is 27.5. The van der Waals surface area contributed by atoms with Crippen LogP contribution in [-0.4, -0.2) is 27.8 Å². The van der Waals surface area contributed by atoms with E-state index in [4.69, 9.17) is 4.52 Å². The second kappa shape index (κ2) is 3.16. The van der Waals surface area contributed by atoms with Gasteiger partial charge in [0.05, 0.1) is 6.61 Å². The predicted octanol–water partition coefficient (Wildman–Crippen LogP) is 1.08. The topological polar surface area (TPSA) is 26.3 Å². The molecule has 62 valence electrons. The Bertz CT molecular complexity index is 218. The van der Waals surface area contributed by atoms with Crippen LogP contribution < -0.4 is 0 Å². The van der Waals surface area contributed by atoms with Gasteiger partial charge in [0.1, 0.15) is 7.85 Å². The van der Waals surface area contributed by atoms with Gasteiger partial charge in [-0.1, -0.05) is 5.57 Å². The van der Waals surface area contributed by atoms with E-state index in [1.165, 1.54) is 5.57 Å². The third-order valence-electron chi connectivity index (χ3n) is 1.80. The lowest BCUT2D eigenvalue weighted by molar-refractivity contribution is 0.308. The molecule has 0 bridgehead atoms. The molecule has 1 aliphatic carbocycles. The summed E-state index contributed by atoms with van der Waals surface area (Å²) in [7, 11) is -0.209. The van der Waals surface area contributed by atoms with Gasteiger partial charge in [0.25, 0.3) is 0 Å². The van der Waals surface area contributed by atoms with Crippen molar-refractivity contribution >= 4 is 15.2 Å². The monoisotopic (exact) mass is 172 g/mol. The molecule has 0 aliphatic heterocycles. The molecule has 4 heteroatoms. The summed E-state index contributed by atoms with van der Waals surface area (Å²) in [5.74, 6) is 2.68. The highest BCUT2D eigenvalue weighted by Crippen LogP contribution is 2.43. The molecule has 0 aromatic rings. The number of hydrogen-bond donors (Lipinski definition) is 0. The third-order valence-corrected chi connectivity index (χ3v) is 2.57. The smallest absolute Gasteiger partial charge is 0.197 e. The van der Waals surface area contributed by atoms with Crippen molar-refractivity contribution in [3.63, 3.8) is 0 Å². The Kier molecular flexibility index (Phi) is 2.61. The molecule has 0 spiro atoms. The Morgan fingerprint density at radius 3 is 2.82 bits per heavy atom. The first kappa shape index (κ1) is 9.09. The van der Waals surface area contributed by atoms with Gasteiger partial charge >= 0.3 is 0 Å². The molecule has 2 nitrogen and oxygen atoms in total. The second-order valence-electron chi connectivity index (χ2n) is 3.31. The standard InChI is InChI=1S/C7H14BO2P/c1-11(2,9)10-5-7-3-6(7)4-8/h4,7H,3,5,8H2,1-2H3/b6-4-. The van der Waals surface area contributed by atoms with Crippen LogP contribution >= 0.6 is 7.37 Å². The minimum atomic E-state index is -2.24. The van der Waals surface area contributed by atoms with Gasteiger partial charge in [0, 0.05) is 19.2 Å². The van der Waals surface area contributed by atoms with Gasteiger partial charge in [-0.3, -0.25) is 4.57 Å². The lowest BCUT2D eigenvalue weighted by Crippen LogP contribution is -1.92. The maximum Gasteiger partial charge on any atom is 0.197 e. The molecule has 1 fully saturated rings. The van der Waals surface area contributed by atoms with Crippen LogP contribution in [0.4, 0.5) is 0 Å². The average molecular weight is 172 g/mol. The maximum atomic E-state index is 11.1. The first-order valence-electron chi connectivity index (χ1n) is 3.87. The lowest BCUT2D eigenvalue weighted by Gasteiger charge is -2.05. The summed E-state index contributed by atoms with van der Waals surface area (Å²) in [6, 6.07) is 0. The van der Waals surface area contributed by atoms with Gasteiger partial charge < -0.3 is 4.52 Å². The molecule has 1 unspecified atom stereocenters. The number of rotatable bonds is 3. The zero-order chi connectivity index (χ0) is 8.48. The zero-order valence-electron chi connectivity index (χ0n) is 7.33. The summed E-state index contributed by atoms with van der Waals surface area (Å²) >= 11 is 0. The molecule has 1 saturated carbocycles. The van der Waals surface area contributed by atoms with E-state index in [1.54, 1.807) is 13.3 Å². The Balaban J connectivity index is 2.21. The Labute approximate surface area is 68.9 Å². The first-order valence-corrected chi connectivity index (χ1v) is 6.39. The fraction of sp³-hybridized carbons (Fsp3) is 0.714. The zero-order valence-corrected chi connectivity index (χ0v) is 8.23. The molecule has 1 atom stereocenters.